The number of nitrogens with zero attached hydrogens (tertiary/aromatic N) is 2. The second kappa shape index (κ2) is 6.73. The lowest BCUT2D eigenvalue weighted by Gasteiger charge is -2.35. The summed E-state index contributed by atoms with van der Waals surface area (Å²) in [6.45, 7) is 13.6. The maximum absolute atomic E-state index is 5.71. The molecule has 120 valence electrons. The van der Waals surface area contributed by atoms with Gasteiger partial charge < -0.3 is 15.0 Å². The Bertz CT molecular complexity index is 447. The second-order valence-electron chi connectivity index (χ2n) is 7.44. The largest absolute Gasteiger partial charge is 0.381 e. The molecular formula is C16H29N3OS. The fourth-order valence-electron chi connectivity index (χ4n) is 2.77. The highest BCUT2D eigenvalue weighted by Crippen LogP contribution is 2.30. The van der Waals surface area contributed by atoms with Gasteiger partial charge in [0.25, 0.3) is 0 Å². The van der Waals surface area contributed by atoms with E-state index in [0.717, 1.165) is 45.0 Å². The van der Waals surface area contributed by atoms with Gasteiger partial charge in [0, 0.05) is 42.1 Å². The molecule has 2 heterocycles. The number of aryl methyl sites for hydroxylation is 1. The van der Waals surface area contributed by atoms with E-state index in [1.807, 2.05) is 5.51 Å². The van der Waals surface area contributed by atoms with Crippen molar-refractivity contribution in [1.82, 2.24) is 15.2 Å². The normalized spacial score (nSPS) is 23.1. The Labute approximate surface area is 132 Å². The summed E-state index contributed by atoms with van der Waals surface area (Å²) in [5.41, 5.74) is 3.49. The SMILES string of the molecule is Cc1ncsc1CN(C)CC1(CNC(C)(C)C)CCOC1. The van der Waals surface area contributed by atoms with Crippen LogP contribution in [0.5, 0.6) is 0 Å². The number of ether oxygens (including phenoxy) is 1. The second-order valence-corrected chi connectivity index (χ2v) is 8.38. The van der Waals surface area contributed by atoms with E-state index in [-0.39, 0.29) is 11.0 Å². The fourth-order valence-corrected chi connectivity index (χ4v) is 3.63. The van der Waals surface area contributed by atoms with E-state index >= 15 is 0 Å². The van der Waals surface area contributed by atoms with Crippen LogP contribution in [0, 0.1) is 12.3 Å². The van der Waals surface area contributed by atoms with E-state index in [1.54, 1.807) is 11.3 Å². The van der Waals surface area contributed by atoms with Gasteiger partial charge in [0.1, 0.15) is 0 Å². The lowest BCUT2D eigenvalue weighted by molar-refractivity contribution is 0.111. The van der Waals surface area contributed by atoms with E-state index in [1.165, 1.54) is 4.88 Å². The zero-order valence-corrected chi connectivity index (χ0v) is 14.8. The van der Waals surface area contributed by atoms with E-state index in [9.17, 15) is 0 Å². The van der Waals surface area contributed by atoms with Crippen LogP contribution >= 0.6 is 11.3 Å². The quantitative estimate of drug-likeness (QED) is 0.876. The molecule has 4 nitrogen and oxygen atoms in total. The minimum atomic E-state index is 0.155. The lowest BCUT2D eigenvalue weighted by atomic mass is 9.85. The zero-order chi connectivity index (χ0) is 15.5. The topological polar surface area (TPSA) is 37.4 Å². The summed E-state index contributed by atoms with van der Waals surface area (Å²) in [6.07, 6.45) is 1.14. The number of rotatable bonds is 6. The van der Waals surface area contributed by atoms with Crippen LogP contribution in [0.3, 0.4) is 0 Å². The maximum atomic E-state index is 5.71. The number of thiazole rings is 1. The summed E-state index contributed by atoms with van der Waals surface area (Å²) in [5.74, 6) is 0. The number of nitrogens with one attached hydrogen (secondary N) is 1. The van der Waals surface area contributed by atoms with Gasteiger partial charge in [-0.2, -0.15) is 0 Å². The minimum absolute atomic E-state index is 0.155. The predicted molar refractivity (Wildman–Crippen MR) is 88.8 cm³/mol. The summed E-state index contributed by atoms with van der Waals surface area (Å²) in [7, 11) is 2.20. The van der Waals surface area contributed by atoms with Crippen molar-refractivity contribution in [2.75, 3.05) is 33.4 Å². The zero-order valence-electron chi connectivity index (χ0n) is 14.0. The van der Waals surface area contributed by atoms with Gasteiger partial charge >= 0.3 is 0 Å². The summed E-state index contributed by atoms with van der Waals surface area (Å²) >= 11 is 1.75. The van der Waals surface area contributed by atoms with E-state index in [0.29, 0.717) is 0 Å². The van der Waals surface area contributed by atoms with Crippen LogP contribution in [0.1, 0.15) is 37.8 Å². The van der Waals surface area contributed by atoms with Crippen molar-refractivity contribution in [3.8, 4) is 0 Å². The molecule has 0 bridgehead atoms. The summed E-state index contributed by atoms with van der Waals surface area (Å²) in [5, 5.41) is 3.66. The van der Waals surface area contributed by atoms with Crippen LogP contribution in [-0.4, -0.2) is 48.8 Å². The van der Waals surface area contributed by atoms with Crippen molar-refractivity contribution >= 4 is 11.3 Å². The van der Waals surface area contributed by atoms with Gasteiger partial charge in [-0.3, -0.25) is 0 Å². The standard InChI is InChI=1S/C16H29N3OS/c1-13-14(21-12-17-13)8-19(5)10-16(6-7-20-11-16)9-18-15(2,3)4/h12,18H,6-11H2,1-5H3. The Morgan fingerprint density at radius 2 is 2.24 bits per heavy atom. The highest BCUT2D eigenvalue weighted by molar-refractivity contribution is 7.09. The van der Waals surface area contributed by atoms with Gasteiger partial charge in [-0.1, -0.05) is 0 Å². The number of hydrogen-bond acceptors (Lipinski definition) is 5. The molecule has 0 aromatic carbocycles. The first-order chi connectivity index (χ1) is 9.80. The maximum Gasteiger partial charge on any atom is 0.0798 e. The van der Waals surface area contributed by atoms with Gasteiger partial charge in [0.15, 0.2) is 0 Å². The van der Waals surface area contributed by atoms with E-state index in [2.05, 4.69) is 49.9 Å². The van der Waals surface area contributed by atoms with Crippen LogP contribution in [0.15, 0.2) is 5.51 Å². The van der Waals surface area contributed by atoms with E-state index < -0.39 is 0 Å². The van der Waals surface area contributed by atoms with Gasteiger partial charge in [0.2, 0.25) is 0 Å². The molecule has 1 saturated heterocycles. The molecule has 0 spiro atoms. The molecular weight excluding hydrogens is 282 g/mol. The first-order valence-electron chi connectivity index (χ1n) is 7.70. The molecule has 2 rings (SSSR count). The molecule has 0 aliphatic carbocycles. The third kappa shape index (κ3) is 5.02. The highest BCUT2D eigenvalue weighted by atomic mass is 32.1. The van der Waals surface area contributed by atoms with Crippen molar-refractivity contribution in [2.45, 2.75) is 46.2 Å². The van der Waals surface area contributed by atoms with Crippen molar-refractivity contribution < 1.29 is 4.74 Å². The summed E-state index contributed by atoms with van der Waals surface area (Å²) in [4.78, 5) is 8.13. The molecule has 1 aliphatic heterocycles. The van der Waals surface area contributed by atoms with Crippen molar-refractivity contribution in [3.63, 3.8) is 0 Å². The lowest BCUT2D eigenvalue weighted by Crippen LogP contribution is -2.48. The first kappa shape index (κ1) is 16.9. The van der Waals surface area contributed by atoms with Crippen LogP contribution in [0.25, 0.3) is 0 Å². The van der Waals surface area contributed by atoms with Gasteiger partial charge in [-0.05, 0) is 41.2 Å². The Morgan fingerprint density at radius 1 is 1.48 bits per heavy atom. The Morgan fingerprint density at radius 3 is 2.76 bits per heavy atom. The number of aromatic nitrogens is 1. The van der Waals surface area contributed by atoms with Gasteiger partial charge in [-0.15, -0.1) is 11.3 Å². The summed E-state index contributed by atoms with van der Waals surface area (Å²) < 4.78 is 5.71. The molecule has 5 heteroatoms. The molecule has 0 saturated carbocycles. The van der Waals surface area contributed by atoms with Crippen LogP contribution < -0.4 is 5.32 Å². The minimum Gasteiger partial charge on any atom is -0.381 e. The molecule has 0 amide bonds. The molecule has 1 atom stereocenters. The fraction of sp³-hybridized carbons (Fsp3) is 0.812. The molecule has 21 heavy (non-hydrogen) atoms. The van der Waals surface area contributed by atoms with Gasteiger partial charge in [0.05, 0.1) is 17.8 Å². The molecule has 0 radical (unpaired) electrons. The molecule has 1 aliphatic rings. The van der Waals surface area contributed by atoms with Crippen molar-refractivity contribution in [3.05, 3.63) is 16.1 Å². The van der Waals surface area contributed by atoms with Crippen LogP contribution in [0.2, 0.25) is 0 Å². The van der Waals surface area contributed by atoms with Crippen LogP contribution in [0.4, 0.5) is 0 Å². The smallest absolute Gasteiger partial charge is 0.0798 e. The molecule has 1 fully saturated rings. The Balaban J connectivity index is 1.94. The van der Waals surface area contributed by atoms with Crippen LogP contribution in [-0.2, 0) is 11.3 Å². The average molecular weight is 311 g/mol. The number of hydrogen-bond donors (Lipinski definition) is 1. The highest BCUT2D eigenvalue weighted by Gasteiger charge is 2.36. The van der Waals surface area contributed by atoms with E-state index in [4.69, 9.17) is 4.74 Å². The Kier molecular flexibility index (Phi) is 5.41. The first-order valence-corrected chi connectivity index (χ1v) is 8.58. The van der Waals surface area contributed by atoms with Gasteiger partial charge in [-0.25, -0.2) is 4.98 Å². The third-order valence-electron chi connectivity index (χ3n) is 4.04. The molecule has 1 N–H and O–H groups in total. The monoisotopic (exact) mass is 311 g/mol. The van der Waals surface area contributed by atoms with Crippen molar-refractivity contribution in [1.29, 1.82) is 0 Å². The molecule has 1 unspecified atom stereocenters. The molecule has 1 aromatic heterocycles. The molecule has 1 aromatic rings. The van der Waals surface area contributed by atoms with Crippen molar-refractivity contribution in [2.24, 2.45) is 5.41 Å². The Hall–Kier alpha value is -0.490. The predicted octanol–water partition coefficient (Wildman–Crippen LogP) is 2.68. The summed E-state index contributed by atoms with van der Waals surface area (Å²) in [6, 6.07) is 0. The average Bonchev–Trinajstić information content (AvgIpc) is 2.97. The third-order valence-corrected chi connectivity index (χ3v) is 4.96.